The van der Waals surface area contributed by atoms with E-state index >= 15 is 0 Å². The number of aliphatic hydroxyl groups excluding tert-OH is 1. The topological polar surface area (TPSA) is 78.4 Å². The van der Waals surface area contributed by atoms with Gasteiger partial charge in [0, 0.05) is 18.7 Å². The largest absolute Gasteiger partial charge is 0.395 e. The highest BCUT2D eigenvalue weighted by molar-refractivity contribution is 5.88. The van der Waals surface area contributed by atoms with Crippen molar-refractivity contribution in [1.29, 1.82) is 0 Å². The van der Waals surface area contributed by atoms with E-state index in [0.29, 0.717) is 12.4 Å². The summed E-state index contributed by atoms with van der Waals surface area (Å²) in [4.78, 5) is 13.4. The molecule has 0 atom stereocenters. The SMILES string of the molecule is CCN(CCO)C(=O)Nc1ccc(-c2ccccc2)nn1. The second-order valence-corrected chi connectivity index (χ2v) is 4.40. The zero-order valence-corrected chi connectivity index (χ0v) is 11.9. The Morgan fingerprint density at radius 3 is 2.52 bits per heavy atom. The molecule has 21 heavy (non-hydrogen) atoms. The Kier molecular flexibility index (Phi) is 5.22. The highest BCUT2D eigenvalue weighted by atomic mass is 16.3. The Morgan fingerprint density at radius 1 is 1.19 bits per heavy atom. The van der Waals surface area contributed by atoms with Crippen molar-refractivity contribution in [2.75, 3.05) is 25.0 Å². The first-order valence-electron chi connectivity index (χ1n) is 6.80. The van der Waals surface area contributed by atoms with Crippen molar-refractivity contribution in [2.24, 2.45) is 0 Å². The number of benzene rings is 1. The quantitative estimate of drug-likeness (QED) is 0.881. The van der Waals surface area contributed by atoms with Crippen LogP contribution in [0.5, 0.6) is 0 Å². The summed E-state index contributed by atoms with van der Waals surface area (Å²) in [6.07, 6.45) is 0. The van der Waals surface area contributed by atoms with Gasteiger partial charge in [0.25, 0.3) is 0 Å². The second-order valence-electron chi connectivity index (χ2n) is 4.40. The van der Waals surface area contributed by atoms with Crippen LogP contribution >= 0.6 is 0 Å². The number of aliphatic hydroxyl groups is 1. The predicted octanol–water partition coefficient (Wildman–Crippen LogP) is 1.99. The smallest absolute Gasteiger partial charge is 0.323 e. The van der Waals surface area contributed by atoms with Gasteiger partial charge < -0.3 is 10.0 Å². The van der Waals surface area contributed by atoms with Crippen molar-refractivity contribution in [3.05, 3.63) is 42.5 Å². The maximum absolute atomic E-state index is 11.9. The highest BCUT2D eigenvalue weighted by Gasteiger charge is 2.11. The molecule has 0 bridgehead atoms. The minimum atomic E-state index is -0.298. The van der Waals surface area contributed by atoms with Crippen molar-refractivity contribution in [3.8, 4) is 11.3 Å². The molecule has 0 radical (unpaired) electrons. The molecular weight excluding hydrogens is 268 g/mol. The average Bonchev–Trinajstić information content (AvgIpc) is 2.54. The van der Waals surface area contributed by atoms with Crippen LogP contribution < -0.4 is 5.32 Å². The summed E-state index contributed by atoms with van der Waals surface area (Å²) in [5.74, 6) is 0.385. The zero-order chi connectivity index (χ0) is 15.1. The van der Waals surface area contributed by atoms with Crippen molar-refractivity contribution < 1.29 is 9.90 Å². The number of likely N-dealkylation sites (N-methyl/N-ethyl adjacent to an activating group) is 1. The van der Waals surface area contributed by atoms with Gasteiger partial charge in [-0.1, -0.05) is 30.3 Å². The third kappa shape index (κ3) is 4.00. The standard InChI is InChI=1S/C15H18N4O2/c1-2-19(10-11-20)15(21)16-14-9-8-13(17-18-14)12-6-4-3-5-7-12/h3-9,20H,2,10-11H2,1H3,(H,16,18,21). The van der Waals surface area contributed by atoms with Gasteiger partial charge in [-0.25, -0.2) is 4.79 Å². The molecule has 0 unspecified atom stereocenters. The second kappa shape index (κ2) is 7.35. The molecule has 1 aromatic heterocycles. The van der Waals surface area contributed by atoms with E-state index in [1.807, 2.05) is 37.3 Å². The molecule has 0 aliphatic heterocycles. The van der Waals surface area contributed by atoms with Crippen LogP contribution in [0.4, 0.5) is 10.6 Å². The van der Waals surface area contributed by atoms with Crippen LogP contribution in [0.2, 0.25) is 0 Å². The summed E-state index contributed by atoms with van der Waals surface area (Å²) >= 11 is 0. The summed E-state index contributed by atoms with van der Waals surface area (Å²) in [6.45, 7) is 2.58. The van der Waals surface area contributed by atoms with Crippen molar-refractivity contribution >= 4 is 11.8 Å². The van der Waals surface area contributed by atoms with Gasteiger partial charge in [-0.2, -0.15) is 0 Å². The van der Waals surface area contributed by atoms with Gasteiger partial charge in [-0.15, -0.1) is 10.2 Å². The molecule has 0 aliphatic carbocycles. The van der Waals surface area contributed by atoms with Gasteiger partial charge in [0.15, 0.2) is 5.82 Å². The number of carbonyl (C=O) groups excluding carboxylic acids is 1. The number of nitrogens with one attached hydrogen (secondary N) is 1. The summed E-state index contributed by atoms with van der Waals surface area (Å²) < 4.78 is 0. The summed E-state index contributed by atoms with van der Waals surface area (Å²) in [6, 6.07) is 12.9. The maximum Gasteiger partial charge on any atom is 0.323 e. The van der Waals surface area contributed by atoms with E-state index in [1.165, 1.54) is 4.90 Å². The van der Waals surface area contributed by atoms with Gasteiger partial charge >= 0.3 is 6.03 Å². The van der Waals surface area contributed by atoms with Crippen LogP contribution in [0.1, 0.15) is 6.92 Å². The first-order chi connectivity index (χ1) is 10.2. The first-order valence-corrected chi connectivity index (χ1v) is 6.80. The average molecular weight is 286 g/mol. The Hall–Kier alpha value is -2.47. The zero-order valence-electron chi connectivity index (χ0n) is 11.9. The highest BCUT2D eigenvalue weighted by Crippen LogP contribution is 2.16. The van der Waals surface area contributed by atoms with Gasteiger partial charge in [0.2, 0.25) is 0 Å². The maximum atomic E-state index is 11.9. The molecule has 110 valence electrons. The molecule has 2 amide bonds. The van der Waals surface area contributed by atoms with Crippen LogP contribution in [0.15, 0.2) is 42.5 Å². The van der Waals surface area contributed by atoms with E-state index in [2.05, 4.69) is 15.5 Å². The number of rotatable bonds is 5. The van der Waals surface area contributed by atoms with Crippen LogP contribution in [-0.2, 0) is 0 Å². The van der Waals surface area contributed by atoms with E-state index in [-0.39, 0.29) is 19.2 Å². The van der Waals surface area contributed by atoms with Crippen LogP contribution in [0.25, 0.3) is 11.3 Å². The number of hydrogen-bond acceptors (Lipinski definition) is 4. The number of urea groups is 1. The normalized spacial score (nSPS) is 10.2. The number of nitrogens with zero attached hydrogens (tertiary/aromatic N) is 3. The molecule has 0 fully saturated rings. The predicted molar refractivity (Wildman–Crippen MR) is 80.8 cm³/mol. The number of carbonyl (C=O) groups is 1. The molecule has 2 N–H and O–H groups in total. The fraction of sp³-hybridized carbons (Fsp3) is 0.267. The summed E-state index contributed by atoms with van der Waals surface area (Å²) in [5.41, 5.74) is 1.72. The van der Waals surface area contributed by atoms with E-state index in [4.69, 9.17) is 5.11 Å². The molecule has 0 saturated heterocycles. The van der Waals surface area contributed by atoms with Crippen molar-refractivity contribution in [3.63, 3.8) is 0 Å². The fourth-order valence-corrected chi connectivity index (χ4v) is 1.87. The molecule has 0 saturated carbocycles. The summed E-state index contributed by atoms with van der Waals surface area (Å²) in [7, 11) is 0. The van der Waals surface area contributed by atoms with E-state index in [9.17, 15) is 4.79 Å². The van der Waals surface area contributed by atoms with Crippen LogP contribution in [-0.4, -0.2) is 45.9 Å². The Bertz CT molecular complexity index is 572. The lowest BCUT2D eigenvalue weighted by atomic mass is 10.1. The number of aromatic nitrogens is 2. The van der Waals surface area contributed by atoms with Gasteiger partial charge in [0.05, 0.1) is 12.3 Å². The Morgan fingerprint density at radius 2 is 1.95 bits per heavy atom. The lowest BCUT2D eigenvalue weighted by Gasteiger charge is -2.19. The lowest BCUT2D eigenvalue weighted by Crippen LogP contribution is -2.37. The molecule has 0 aliphatic rings. The lowest BCUT2D eigenvalue weighted by molar-refractivity contribution is 0.192. The molecule has 2 aromatic rings. The molecule has 6 heteroatoms. The van der Waals surface area contributed by atoms with Gasteiger partial charge in [0.1, 0.15) is 0 Å². The van der Waals surface area contributed by atoms with E-state index in [1.54, 1.807) is 12.1 Å². The minimum Gasteiger partial charge on any atom is -0.395 e. The van der Waals surface area contributed by atoms with Gasteiger partial charge in [-0.3, -0.25) is 5.32 Å². The summed E-state index contributed by atoms with van der Waals surface area (Å²) in [5, 5.41) is 19.7. The minimum absolute atomic E-state index is 0.0696. The number of anilines is 1. The fourth-order valence-electron chi connectivity index (χ4n) is 1.87. The molecule has 0 spiro atoms. The van der Waals surface area contributed by atoms with Crippen LogP contribution in [0.3, 0.4) is 0 Å². The monoisotopic (exact) mass is 286 g/mol. The van der Waals surface area contributed by atoms with Crippen molar-refractivity contribution in [2.45, 2.75) is 6.92 Å². The molecular formula is C15H18N4O2. The first kappa shape index (κ1) is 14.9. The van der Waals surface area contributed by atoms with E-state index in [0.717, 1.165) is 11.3 Å². The molecule has 2 rings (SSSR count). The Labute approximate surface area is 123 Å². The third-order valence-corrected chi connectivity index (χ3v) is 3.01. The number of amides is 2. The molecule has 1 aromatic carbocycles. The van der Waals surface area contributed by atoms with Crippen LogP contribution in [0, 0.1) is 0 Å². The number of hydrogen-bond donors (Lipinski definition) is 2. The van der Waals surface area contributed by atoms with E-state index < -0.39 is 0 Å². The molecule has 1 heterocycles. The van der Waals surface area contributed by atoms with Gasteiger partial charge in [-0.05, 0) is 19.1 Å². The third-order valence-electron chi connectivity index (χ3n) is 3.01. The molecule has 6 nitrogen and oxygen atoms in total. The van der Waals surface area contributed by atoms with Crippen molar-refractivity contribution in [1.82, 2.24) is 15.1 Å². The Balaban J connectivity index is 2.04.